The number of likely N-dealkylation sites (tertiary alicyclic amines) is 1. The first-order valence-corrected chi connectivity index (χ1v) is 11.5. The molecule has 1 saturated heterocycles. The number of rotatable bonds is 6. The van der Waals surface area contributed by atoms with Crippen molar-refractivity contribution in [2.45, 2.75) is 43.5 Å². The summed E-state index contributed by atoms with van der Waals surface area (Å²) in [7, 11) is -3.84. The van der Waals surface area contributed by atoms with Gasteiger partial charge in [-0.3, -0.25) is 9.59 Å². The minimum absolute atomic E-state index is 0.0338. The predicted octanol–water partition coefficient (Wildman–Crippen LogP) is 2.42. The Bertz CT molecular complexity index is 887. The molecule has 0 radical (unpaired) electrons. The lowest BCUT2D eigenvalue weighted by Crippen LogP contribution is -2.45. The van der Waals surface area contributed by atoms with Crippen LogP contribution in [0.3, 0.4) is 0 Å². The average molecular weight is 448 g/mol. The van der Waals surface area contributed by atoms with Crippen molar-refractivity contribution in [3.05, 3.63) is 27.7 Å². The third kappa shape index (κ3) is 4.79. The molecule has 0 bridgehead atoms. The van der Waals surface area contributed by atoms with E-state index in [-0.39, 0.29) is 44.9 Å². The molecular weight excluding hydrogens is 425 g/mol. The minimum atomic E-state index is -3.84. The molecule has 1 atom stereocenters. The molecule has 28 heavy (non-hydrogen) atoms. The second kappa shape index (κ2) is 8.57. The van der Waals surface area contributed by atoms with Crippen LogP contribution in [0.5, 0.6) is 0 Å². The van der Waals surface area contributed by atoms with Gasteiger partial charge in [0.1, 0.15) is 4.90 Å². The fraction of sp³-hybridized carbons (Fsp3) is 0.556. The highest BCUT2D eigenvalue weighted by Gasteiger charge is 2.33. The zero-order valence-electron chi connectivity index (χ0n) is 15.5. The summed E-state index contributed by atoms with van der Waals surface area (Å²) in [6, 6.07) is 2.42. The Kier molecular flexibility index (Phi) is 6.54. The van der Waals surface area contributed by atoms with Crippen LogP contribution < -0.4 is 10.0 Å². The summed E-state index contributed by atoms with van der Waals surface area (Å²) in [4.78, 5) is 26.5. The van der Waals surface area contributed by atoms with Crippen LogP contribution in [0.15, 0.2) is 17.0 Å². The summed E-state index contributed by atoms with van der Waals surface area (Å²) in [5, 5.41) is 2.83. The highest BCUT2D eigenvalue weighted by molar-refractivity contribution is 7.89. The largest absolute Gasteiger partial charge is 0.356 e. The van der Waals surface area contributed by atoms with Crippen molar-refractivity contribution < 1.29 is 18.0 Å². The lowest BCUT2D eigenvalue weighted by molar-refractivity contribution is -0.126. The summed E-state index contributed by atoms with van der Waals surface area (Å²) in [6.07, 6.45) is 2.96. The molecule has 2 fully saturated rings. The number of nitrogens with one attached hydrogen (secondary N) is 2. The number of carbonyl (C=O) groups is 2. The van der Waals surface area contributed by atoms with Crippen molar-refractivity contribution in [2.24, 2.45) is 5.92 Å². The smallest absolute Gasteiger partial charge is 0.255 e. The second-order valence-corrected chi connectivity index (χ2v) is 9.64. The van der Waals surface area contributed by atoms with E-state index in [0.717, 1.165) is 12.8 Å². The summed E-state index contributed by atoms with van der Waals surface area (Å²) in [6.45, 7) is 3.12. The number of amides is 2. The number of hydrogen-bond acceptors (Lipinski definition) is 4. The molecule has 0 aromatic heterocycles. The van der Waals surface area contributed by atoms with Gasteiger partial charge in [0.25, 0.3) is 5.91 Å². The molecule has 1 aliphatic heterocycles. The first-order chi connectivity index (χ1) is 13.2. The normalized spacial score (nSPS) is 20.1. The van der Waals surface area contributed by atoms with E-state index in [4.69, 9.17) is 23.2 Å². The van der Waals surface area contributed by atoms with Gasteiger partial charge >= 0.3 is 0 Å². The van der Waals surface area contributed by atoms with Crippen LogP contribution >= 0.6 is 23.2 Å². The quantitative estimate of drug-likeness (QED) is 0.699. The summed E-state index contributed by atoms with van der Waals surface area (Å²) < 4.78 is 27.7. The monoisotopic (exact) mass is 447 g/mol. The van der Waals surface area contributed by atoms with Crippen molar-refractivity contribution in [3.8, 4) is 0 Å². The molecule has 1 heterocycles. The molecule has 1 unspecified atom stereocenters. The molecule has 3 rings (SSSR count). The molecule has 154 valence electrons. The van der Waals surface area contributed by atoms with Crippen molar-refractivity contribution in [1.82, 2.24) is 14.9 Å². The van der Waals surface area contributed by atoms with Gasteiger partial charge in [-0.15, -0.1) is 0 Å². The third-order valence-electron chi connectivity index (χ3n) is 4.87. The summed E-state index contributed by atoms with van der Waals surface area (Å²) in [5.74, 6) is -0.777. The van der Waals surface area contributed by atoms with E-state index < -0.39 is 15.9 Å². The molecule has 7 nitrogen and oxygen atoms in total. The Balaban J connectivity index is 1.85. The SMILES string of the molecule is CCNC(=O)C1CCCN(C(=O)c2cc(S(=O)(=O)NC3CC3)c(Cl)cc2Cl)C1. The fourth-order valence-electron chi connectivity index (χ4n) is 3.25. The van der Waals surface area contributed by atoms with Gasteiger partial charge in [-0.2, -0.15) is 0 Å². The maximum absolute atomic E-state index is 13.0. The van der Waals surface area contributed by atoms with Gasteiger partial charge in [-0.1, -0.05) is 23.2 Å². The molecule has 1 saturated carbocycles. The zero-order chi connectivity index (χ0) is 20.5. The first kappa shape index (κ1) is 21.4. The van der Waals surface area contributed by atoms with E-state index in [0.29, 0.717) is 25.9 Å². The van der Waals surface area contributed by atoms with Crippen LogP contribution in [-0.2, 0) is 14.8 Å². The van der Waals surface area contributed by atoms with Crippen LogP contribution in [0.25, 0.3) is 0 Å². The van der Waals surface area contributed by atoms with Crippen molar-refractivity contribution in [3.63, 3.8) is 0 Å². The maximum Gasteiger partial charge on any atom is 0.255 e. The van der Waals surface area contributed by atoms with E-state index in [1.165, 1.54) is 12.1 Å². The Morgan fingerprint density at radius 3 is 2.54 bits per heavy atom. The van der Waals surface area contributed by atoms with Crippen LogP contribution in [0.2, 0.25) is 10.0 Å². The van der Waals surface area contributed by atoms with E-state index in [9.17, 15) is 18.0 Å². The summed E-state index contributed by atoms with van der Waals surface area (Å²) >= 11 is 12.3. The van der Waals surface area contributed by atoms with Gasteiger partial charge in [-0.05, 0) is 44.7 Å². The van der Waals surface area contributed by atoms with Gasteiger partial charge in [0.05, 0.1) is 21.5 Å². The second-order valence-electron chi connectivity index (χ2n) is 7.14. The number of hydrogen-bond donors (Lipinski definition) is 2. The zero-order valence-corrected chi connectivity index (χ0v) is 17.8. The third-order valence-corrected chi connectivity index (χ3v) is 7.17. The van der Waals surface area contributed by atoms with Crippen LogP contribution in [0.4, 0.5) is 0 Å². The van der Waals surface area contributed by atoms with E-state index in [1.807, 2.05) is 6.92 Å². The van der Waals surface area contributed by atoms with E-state index >= 15 is 0 Å². The van der Waals surface area contributed by atoms with Crippen LogP contribution in [0.1, 0.15) is 43.0 Å². The van der Waals surface area contributed by atoms with E-state index in [2.05, 4.69) is 10.0 Å². The molecule has 2 aliphatic rings. The highest BCUT2D eigenvalue weighted by Crippen LogP contribution is 2.32. The molecule has 2 amide bonds. The van der Waals surface area contributed by atoms with Crippen molar-refractivity contribution in [1.29, 1.82) is 0 Å². The highest BCUT2D eigenvalue weighted by atomic mass is 35.5. The van der Waals surface area contributed by atoms with Crippen molar-refractivity contribution >= 4 is 45.0 Å². The fourth-order valence-corrected chi connectivity index (χ4v) is 5.41. The number of carbonyl (C=O) groups excluding carboxylic acids is 2. The standard InChI is InChI=1S/C18H23Cl2N3O4S/c1-2-21-17(24)11-4-3-7-23(10-11)18(25)13-8-16(15(20)9-14(13)19)28(26,27)22-12-5-6-12/h8-9,11-12,22H,2-7,10H2,1H3,(H,21,24). The van der Waals surface area contributed by atoms with Crippen molar-refractivity contribution in [2.75, 3.05) is 19.6 Å². The Labute approximate surface area is 174 Å². The Morgan fingerprint density at radius 2 is 1.89 bits per heavy atom. The van der Waals surface area contributed by atoms with Gasteiger partial charge in [0.15, 0.2) is 0 Å². The van der Waals surface area contributed by atoms with Gasteiger partial charge in [-0.25, -0.2) is 13.1 Å². The van der Waals surface area contributed by atoms with E-state index in [1.54, 1.807) is 4.90 Å². The number of piperidine rings is 1. The molecular formula is C18H23Cl2N3O4S. The first-order valence-electron chi connectivity index (χ1n) is 9.31. The summed E-state index contributed by atoms with van der Waals surface area (Å²) in [5.41, 5.74) is 0.0683. The van der Waals surface area contributed by atoms with Gasteiger partial charge < -0.3 is 10.2 Å². The Morgan fingerprint density at radius 1 is 1.18 bits per heavy atom. The predicted molar refractivity (Wildman–Crippen MR) is 107 cm³/mol. The lowest BCUT2D eigenvalue weighted by atomic mass is 9.96. The molecule has 0 spiro atoms. The molecule has 10 heteroatoms. The number of nitrogens with zero attached hydrogens (tertiary/aromatic N) is 1. The minimum Gasteiger partial charge on any atom is -0.356 e. The molecule has 1 aliphatic carbocycles. The van der Waals surface area contributed by atoms with Crippen LogP contribution in [0, 0.1) is 5.92 Å². The number of sulfonamides is 1. The van der Waals surface area contributed by atoms with Gasteiger partial charge in [0.2, 0.25) is 15.9 Å². The maximum atomic E-state index is 13.0. The van der Waals surface area contributed by atoms with Gasteiger partial charge in [0, 0.05) is 25.7 Å². The molecule has 1 aromatic rings. The van der Waals surface area contributed by atoms with Crippen LogP contribution in [-0.4, -0.2) is 50.8 Å². The lowest BCUT2D eigenvalue weighted by Gasteiger charge is -2.32. The molecule has 1 aromatic carbocycles. The molecule has 2 N–H and O–H groups in total. The number of benzene rings is 1. The average Bonchev–Trinajstić information content (AvgIpc) is 3.44. The topological polar surface area (TPSA) is 95.6 Å². The Hall–Kier alpha value is -1.35. The number of halogens is 2.